The SMILES string of the molecule is O=C(/C=C/c1ccc(F)cc1)Nc1nc(-c2cccc3ccccc23)cs1. The second-order valence-electron chi connectivity index (χ2n) is 5.94. The van der Waals surface area contributed by atoms with Gasteiger partial charge in [0.2, 0.25) is 5.91 Å². The monoisotopic (exact) mass is 374 g/mol. The summed E-state index contributed by atoms with van der Waals surface area (Å²) in [6, 6.07) is 20.2. The Hall–Kier alpha value is -3.31. The normalized spacial score (nSPS) is 11.1. The number of carbonyl (C=O) groups is 1. The third kappa shape index (κ3) is 3.93. The van der Waals surface area contributed by atoms with Gasteiger partial charge in [0, 0.05) is 17.0 Å². The summed E-state index contributed by atoms with van der Waals surface area (Å²) >= 11 is 1.38. The summed E-state index contributed by atoms with van der Waals surface area (Å²) < 4.78 is 12.9. The van der Waals surface area contributed by atoms with Crippen molar-refractivity contribution in [3.05, 3.63) is 89.6 Å². The summed E-state index contributed by atoms with van der Waals surface area (Å²) in [5, 5.41) is 7.51. The van der Waals surface area contributed by atoms with Crippen LogP contribution in [0.1, 0.15) is 5.56 Å². The Morgan fingerprint density at radius 2 is 1.78 bits per heavy atom. The molecule has 0 radical (unpaired) electrons. The fourth-order valence-electron chi connectivity index (χ4n) is 2.80. The number of thiazole rings is 1. The van der Waals surface area contributed by atoms with Crippen LogP contribution in [0.25, 0.3) is 28.1 Å². The Balaban J connectivity index is 1.51. The molecule has 132 valence electrons. The molecule has 0 aliphatic heterocycles. The molecular formula is C22H15FN2OS. The van der Waals surface area contributed by atoms with E-state index in [1.807, 2.05) is 29.6 Å². The van der Waals surface area contributed by atoms with E-state index in [1.165, 1.54) is 29.5 Å². The van der Waals surface area contributed by atoms with Crippen LogP contribution in [-0.4, -0.2) is 10.9 Å². The average Bonchev–Trinajstić information content (AvgIpc) is 3.15. The van der Waals surface area contributed by atoms with Crippen LogP contribution in [0.15, 0.2) is 78.2 Å². The van der Waals surface area contributed by atoms with Crippen LogP contribution in [0.3, 0.4) is 0 Å². The van der Waals surface area contributed by atoms with Gasteiger partial charge < -0.3 is 0 Å². The molecular weight excluding hydrogens is 359 g/mol. The van der Waals surface area contributed by atoms with Crippen LogP contribution >= 0.6 is 11.3 Å². The highest BCUT2D eigenvalue weighted by Gasteiger charge is 2.09. The van der Waals surface area contributed by atoms with E-state index in [9.17, 15) is 9.18 Å². The molecule has 0 saturated heterocycles. The van der Waals surface area contributed by atoms with Crippen molar-refractivity contribution in [3.8, 4) is 11.3 Å². The number of anilines is 1. The van der Waals surface area contributed by atoms with Crippen LogP contribution in [-0.2, 0) is 4.79 Å². The number of carbonyl (C=O) groups excluding carboxylic acids is 1. The fourth-order valence-corrected chi connectivity index (χ4v) is 3.51. The maximum Gasteiger partial charge on any atom is 0.250 e. The highest BCUT2D eigenvalue weighted by atomic mass is 32.1. The first-order chi connectivity index (χ1) is 13.2. The van der Waals surface area contributed by atoms with Crippen LogP contribution in [0.2, 0.25) is 0 Å². The van der Waals surface area contributed by atoms with Gasteiger partial charge in [0.1, 0.15) is 5.82 Å². The molecule has 0 saturated carbocycles. The zero-order valence-corrected chi connectivity index (χ0v) is 15.0. The summed E-state index contributed by atoms with van der Waals surface area (Å²) in [6.45, 7) is 0. The second-order valence-corrected chi connectivity index (χ2v) is 6.80. The number of amides is 1. The lowest BCUT2D eigenvalue weighted by Gasteiger charge is -2.03. The fraction of sp³-hybridized carbons (Fsp3) is 0. The van der Waals surface area contributed by atoms with Crippen molar-refractivity contribution in [2.24, 2.45) is 0 Å². The van der Waals surface area contributed by atoms with Gasteiger partial charge >= 0.3 is 0 Å². The molecule has 0 fully saturated rings. The van der Waals surface area contributed by atoms with Gasteiger partial charge in [0.15, 0.2) is 5.13 Å². The summed E-state index contributed by atoms with van der Waals surface area (Å²) in [6.07, 6.45) is 3.04. The van der Waals surface area contributed by atoms with Gasteiger partial charge in [-0.25, -0.2) is 9.37 Å². The number of rotatable bonds is 4. The van der Waals surface area contributed by atoms with E-state index in [4.69, 9.17) is 0 Å². The summed E-state index contributed by atoms with van der Waals surface area (Å²) in [4.78, 5) is 16.6. The smallest absolute Gasteiger partial charge is 0.250 e. The molecule has 1 N–H and O–H groups in total. The van der Waals surface area contributed by atoms with Crippen molar-refractivity contribution in [1.82, 2.24) is 4.98 Å². The van der Waals surface area contributed by atoms with Gasteiger partial charge in [0.05, 0.1) is 5.69 Å². The number of hydrogen-bond donors (Lipinski definition) is 1. The van der Waals surface area contributed by atoms with Gasteiger partial charge in [-0.05, 0) is 34.5 Å². The highest BCUT2D eigenvalue weighted by Crippen LogP contribution is 2.30. The number of aromatic nitrogens is 1. The standard InChI is InChI=1S/C22H15FN2OS/c23-17-11-8-15(9-12-17)10-13-21(26)25-22-24-20(14-27-22)19-7-3-5-16-4-1-2-6-18(16)19/h1-14H,(H,24,25,26)/b13-10+. The molecule has 5 heteroatoms. The first-order valence-electron chi connectivity index (χ1n) is 8.37. The molecule has 0 aliphatic carbocycles. The number of fused-ring (bicyclic) bond motifs is 1. The molecule has 27 heavy (non-hydrogen) atoms. The zero-order valence-electron chi connectivity index (χ0n) is 14.2. The predicted octanol–water partition coefficient (Wildman–Crippen LogP) is 5.75. The third-order valence-electron chi connectivity index (χ3n) is 4.10. The number of hydrogen-bond acceptors (Lipinski definition) is 3. The largest absolute Gasteiger partial charge is 0.298 e. The van der Waals surface area contributed by atoms with Crippen LogP contribution in [0, 0.1) is 5.82 Å². The molecule has 3 aromatic carbocycles. The zero-order chi connectivity index (χ0) is 18.6. The number of nitrogens with one attached hydrogen (secondary N) is 1. The Morgan fingerprint density at radius 3 is 2.63 bits per heavy atom. The molecule has 1 amide bonds. The summed E-state index contributed by atoms with van der Waals surface area (Å²) in [5.74, 6) is -0.585. The first-order valence-corrected chi connectivity index (χ1v) is 9.25. The molecule has 0 spiro atoms. The Bertz CT molecular complexity index is 1130. The van der Waals surface area contributed by atoms with E-state index in [2.05, 4.69) is 28.5 Å². The van der Waals surface area contributed by atoms with E-state index in [1.54, 1.807) is 18.2 Å². The molecule has 3 nitrogen and oxygen atoms in total. The molecule has 0 unspecified atom stereocenters. The number of nitrogens with zero attached hydrogens (tertiary/aromatic N) is 1. The van der Waals surface area contributed by atoms with Crippen LogP contribution in [0.4, 0.5) is 9.52 Å². The summed E-state index contributed by atoms with van der Waals surface area (Å²) in [7, 11) is 0. The maximum atomic E-state index is 12.9. The van der Waals surface area contributed by atoms with Gasteiger partial charge in [-0.2, -0.15) is 0 Å². The molecule has 0 atom stereocenters. The molecule has 4 aromatic rings. The van der Waals surface area contributed by atoms with Gasteiger partial charge in [-0.3, -0.25) is 10.1 Å². The predicted molar refractivity (Wildman–Crippen MR) is 109 cm³/mol. The Morgan fingerprint density at radius 1 is 1.00 bits per heavy atom. The quantitative estimate of drug-likeness (QED) is 0.462. The number of benzene rings is 3. The van der Waals surface area contributed by atoms with Crippen molar-refractivity contribution in [1.29, 1.82) is 0 Å². The minimum absolute atomic E-state index is 0.279. The highest BCUT2D eigenvalue weighted by molar-refractivity contribution is 7.14. The minimum atomic E-state index is -0.305. The van der Waals surface area contributed by atoms with E-state index in [-0.39, 0.29) is 11.7 Å². The van der Waals surface area contributed by atoms with Crippen LogP contribution < -0.4 is 5.32 Å². The van der Waals surface area contributed by atoms with Gasteiger partial charge in [-0.15, -0.1) is 11.3 Å². The molecule has 0 bridgehead atoms. The van der Waals surface area contributed by atoms with Gasteiger partial charge in [0.25, 0.3) is 0 Å². The molecule has 4 rings (SSSR count). The molecule has 0 aliphatic rings. The average molecular weight is 374 g/mol. The van der Waals surface area contributed by atoms with E-state index < -0.39 is 0 Å². The molecule has 1 aromatic heterocycles. The lowest BCUT2D eigenvalue weighted by atomic mass is 10.0. The molecule has 1 heterocycles. The number of halogens is 1. The topological polar surface area (TPSA) is 42.0 Å². The van der Waals surface area contributed by atoms with Crippen molar-refractivity contribution in [3.63, 3.8) is 0 Å². The van der Waals surface area contributed by atoms with Crippen molar-refractivity contribution < 1.29 is 9.18 Å². The first kappa shape index (κ1) is 17.1. The summed E-state index contributed by atoms with van der Waals surface area (Å²) in [5.41, 5.74) is 2.61. The second kappa shape index (κ2) is 7.51. The van der Waals surface area contributed by atoms with E-state index in [0.29, 0.717) is 5.13 Å². The van der Waals surface area contributed by atoms with Crippen molar-refractivity contribution >= 4 is 39.2 Å². The third-order valence-corrected chi connectivity index (χ3v) is 4.85. The van der Waals surface area contributed by atoms with Gasteiger partial charge in [-0.1, -0.05) is 54.6 Å². The Labute approximate surface area is 159 Å². The van der Waals surface area contributed by atoms with E-state index in [0.717, 1.165) is 27.6 Å². The van der Waals surface area contributed by atoms with E-state index >= 15 is 0 Å². The lowest BCUT2D eigenvalue weighted by Crippen LogP contribution is -2.07. The Kier molecular flexibility index (Phi) is 4.77. The van der Waals surface area contributed by atoms with Crippen molar-refractivity contribution in [2.45, 2.75) is 0 Å². The minimum Gasteiger partial charge on any atom is -0.298 e. The maximum absolute atomic E-state index is 12.9. The lowest BCUT2D eigenvalue weighted by molar-refractivity contribution is -0.111. The van der Waals surface area contributed by atoms with Crippen LogP contribution in [0.5, 0.6) is 0 Å². The van der Waals surface area contributed by atoms with Crippen molar-refractivity contribution in [2.75, 3.05) is 5.32 Å².